The molecular weight excluding hydrogens is 372 g/mol. The van der Waals surface area contributed by atoms with E-state index in [2.05, 4.69) is 37.0 Å². The van der Waals surface area contributed by atoms with Crippen LogP contribution >= 0.6 is 11.6 Å². The largest absolute Gasteiger partial charge is 0.489 e. The first-order valence-electron chi connectivity index (χ1n) is 9.69. The molecule has 0 saturated heterocycles. The van der Waals surface area contributed by atoms with Gasteiger partial charge in [-0.1, -0.05) is 40.9 Å². The normalized spacial score (nSPS) is 22.4. The summed E-state index contributed by atoms with van der Waals surface area (Å²) >= 11 is 6.38. The van der Waals surface area contributed by atoms with Crippen LogP contribution in [0.4, 0.5) is 0 Å². The third-order valence-electron chi connectivity index (χ3n) is 5.74. The molecule has 1 aliphatic rings. The number of aryl methyl sites for hydroxylation is 2. The van der Waals surface area contributed by atoms with Gasteiger partial charge in [-0.15, -0.1) is 0 Å². The summed E-state index contributed by atoms with van der Waals surface area (Å²) in [5, 5.41) is 1.85. The van der Waals surface area contributed by atoms with Crippen LogP contribution in [-0.4, -0.2) is 11.1 Å². The quantitative estimate of drug-likeness (QED) is 0.656. The average Bonchev–Trinajstić information content (AvgIpc) is 2.64. The minimum Gasteiger partial charge on any atom is -0.489 e. The van der Waals surface area contributed by atoms with E-state index in [-0.39, 0.29) is 17.2 Å². The van der Waals surface area contributed by atoms with Crippen LogP contribution in [0, 0.1) is 13.8 Å². The molecule has 1 aliphatic carbocycles. The second-order valence-electron chi connectivity index (χ2n) is 8.03. The SMILES string of the molecule is Cc1cc(C)cc([C@]2(N)CC[C@H](Oc3cc4cc[nH]c(=O)c4cc3Cl)CC2)c1. The van der Waals surface area contributed by atoms with Gasteiger partial charge < -0.3 is 15.5 Å². The Morgan fingerprint density at radius 2 is 1.79 bits per heavy atom. The molecule has 1 saturated carbocycles. The van der Waals surface area contributed by atoms with Crippen LogP contribution in [0.5, 0.6) is 5.75 Å². The van der Waals surface area contributed by atoms with Crippen molar-refractivity contribution in [3.63, 3.8) is 0 Å². The number of halogens is 1. The van der Waals surface area contributed by atoms with Crippen molar-refractivity contribution in [3.05, 3.63) is 74.7 Å². The van der Waals surface area contributed by atoms with Crippen molar-refractivity contribution < 1.29 is 4.74 Å². The third kappa shape index (κ3) is 3.67. The van der Waals surface area contributed by atoms with Gasteiger partial charge in [0.1, 0.15) is 5.75 Å². The predicted octanol–water partition coefficient (Wildman–Crippen LogP) is 4.97. The minimum atomic E-state index is -0.308. The molecule has 1 fully saturated rings. The second-order valence-corrected chi connectivity index (χ2v) is 8.43. The van der Waals surface area contributed by atoms with Gasteiger partial charge in [0, 0.05) is 17.1 Å². The summed E-state index contributed by atoms with van der Waals surface area (Å²) in [6.45, 7) is 4.22. The van der Waals surface area contributed by atoms with E-state index in [1.165, 1.54) is 16.7 Å². The smallest absolute Gasteiger partial charge is 0.255 e. The van der Waals surface area contributed by atoms with Gasteiger partial charge >= 0.3 is 0 Å². The highest BCUT2D eigenvalue weighted by Crippen LogP contribution is 2.38. The molecule has 28 heavy (non-hydrogen) atoms. The average molecular weight is 397 g/mol. The number of fused-ring (bicyclic) bond motifs is 1. The van der Waals surface area contributed by atoms with Crippen molar-refractivity contribution >= 4 is 22.4 Å². The first-order chi connectivity index (χ1) is 13.3. The summed E-state index contributed by atoms with van der Waals surface area (Å²) in [6.07, 6.45) is 5.17. The molecule has 1 heterocycles. The molecule has 1 aromatic heterocycles. The Morgan fingerprint density at radius 3 is 2.46 bits per heavy atom. The lowest BCUT2D eigenvalue weighted by Crippen LogP contribution is -2.42. The fourth-order valence-corrected chi connectivity index (χ4v) is 4.44. The lowest BCUT2D eigenvalue weighted by molar-refractivity contribution is 0.118. The summed E-state index contributed by atoms with van der Waals surface area (Å²) < 4.78 is 6.21. The standard InChI is InChI=1S/C23H25ClN2O2/c1-14-9-15(2)11-17(10-14)23(25)6-3-18(4-7-23)28-21-12-16-5-8-26-22(27)19(16)13-20(21)24/h5,8-13,18H,3-4,6-7,25H2,1-2H3,(H,26,27)/t18-,23-. The van der Waals surface area contributed by atoms with E-state index in [4.69, 9.17) is 22.1 Å². The van der Waals surface area contributed by atoms with Gasteiger partial charge in [0.05, 0.1) is 11.1 Å². The summed E-state index contributed by atoms with van der Waals surface area (Å²) in [5.74, 6) is 0.626. The van der Waals surface area contributed by atoms with E-state index in [9.17, 15) is 4.79 Å². The van der Waals surface area contributed by atoms with Crippen LogP contribution in [0.25, 0.3) is 10.8 Å². The van der Waals surface area contributed by atoms with Crippen LogP contribution in [0.3, 0.4) is 0 Å². The lowest BCUT2D eigenvalue weighted by atomic mass is 9.75. The number of hydrogen-bond donors (Lipinski definition) is 2. The fraction of sp³-hybridized carbons (Fsp3) is 0.348. The van der Waals surface area contributed by atoms with Crippen LogP contribution in [-0.2, 0) is 5.54 Å². The molecule has 0 amide bonds. The Kier molecular flexibility index (Phi) is 4.94. The Balaban J connectivity index is 1.51. The van der Waals surface area contributed by atoms with Crippen molar-refractivity contribution in [2.45, 2.75) is 51.2 Å². The van der Waals surface area contributed by atoms with Crippen LogP contribution in [0.2, 0.25) is 5.02 Å². The molecule has 0 atom stereocenters. The first-order valence-corrected chi connectivity index (χ1v) is 10.1. The topological polar surface area (TPSA) is 68.1 Å². The zero-order valence-corrected chi connectivity index (χ0v) is 17.0. The van der Waals surface area contributed by atoms with E-state index in [0.717, 1.165) is 31.1 Å². The highest BCUT2D eigenvalue weighted by Gasteiger charge is 2.34. The molecule has 3 aromatic rings. The van der Waals surface area contributed by atoms with Gasteiger partial charge in [0.2, 0.25) is 0 Å². The van der Waals surface area contributed by atoms with Crippen molar-refractivity contribution in [1.82, 2.24) is 4.98 Å². The molecule has 0 spiro atoms. The van der Waals surface area contributed by atoms with Crippen molar-refractivity contribution in [2.75, 3.05) is 0 Å². The fourth-order valence-electron chi connectivity index (χ4n) is 4.23. The zero-order valence-electron chi connectivity index (χ0n) is 16.2. The predicted molar refractivity (Wildman–Crippen MR) is 114 cm³/mol. The third-order valence-corrected chi connectivity index (χ3v) is 6.04. The molecule has 146 valence electrons. The van der Waals surface area contributed by atoms with E-state index >= 15 is 0 Å². The Hall–Kier alpha value is -2.30. The maximum atomic E-state index is 11.9. The monoisotopic (exact) mass is 396 g/mol. The first kappa shape index (κ1) is 19.0. The van der Waals surface area contributed by atoms with E-state index < -0.39 is 0 Å². The summed E-state index contributed by atoms with van der Waals surface area (Å²) in [6, 6.07) is 12.0. The summed E-state index contributed by atoms with van der Waals surface area (Å²) in [7, 11) is 0. The number of H-pyrrole nitrogens is 1. The number of nitrogens with two attached hydrogens (primary N) is 1. The highest BCUT2D eigenvalue weighted by atomic mass is 35.5. The van der Waals surface area contributed by atoms with E-state index in [0.29, 0.717) is 16.2 Å². The zero-order chi connectivity index (χ0) is 19.9. The van der Waals surface area contributed by atoms with Crippen LogP contribution in [0.15, 0.2) is 47.4 Å². The van der Waals surface area contributed by atoms with Gasteiger partial charge in [-0.05, 0) is 68.7 Å². The van der Waals surface area contributed by atoms with Gasteiger partial charge in [0.25, 0.3) is 5.56 Å². The van der Waals surface area contributed by atoms with Crippen molar-refractivity contribution in [2.24, 2.45) is 5.73 Å². The summed E-state index contributed by atoms with van der Waals surface area (Å²) in [5.41, 5.74) is 10.0. The highest BCUT2D eigenvalue weighted by molar-refractivity contribution is 6.32. The number of aromatic nitrogens is 1. The number of rotatable bonds is 3. The van der Waals surface area contributed by atoms with E-state index in [1.54, 1.807) is 12.3 Å². The molecule has 2 aromatic carbocycles. The van der Waals surface area contributed by atoms with Gasteiger partial charge in [-0.25, -0.2) is 0 Å². The molecule has 4 nitrogen and oxygen atoms in total. The molecule has 3 N–H and O–H groups in total. The Morgan fingerprint density at radius 1 is 1.11 bits per heavy atom. The molecular formula is C23H25ClN2O2. The maximum Gasteiger partial charge on any atom is 0.255 e. The van der Waals surface area contributed by atoms with Crippen LogP contribution in [0.1, 0.15) is 42.4 Å². The van der Waals surface area contributed by atoms with Gasteiger partial charge in [-0.3, -0.25) is 4.79 Å². The molecule has 0 unspecified atom stereocenters. The lowest BCUT2D eigenvalue weighted by Gasteiger charge is -2.38. The molecule has 0 aliphatic heterocycles. The van der Waals surface area contributed by atoms with Crippen LogP contribution < -0.4 is 16.0 Å². The number of benzene rings is 2. The number of hydrogen-bond acceptors (Lipinski definition) is 3. The molecule has 0 radical (unpaired) electrons. The Bertz CT molecular complexity index is 1060. The Labute approximate surface area is 169 Å². The second kappa shape index (κ2) is 7.26. The number of nitrogens with one attached hydrogen (secondary N) is 1. The molecule has 5 heteroatoms. The van der Waals surface area contributed by atoms with Crippen molar-refractivity contribution in [1.29, 1.82) is 0 Å². The number of pyridine rings is 1. The molecule has 4 rings (SSSR count). The summed E-state index contributed by atoms with van der Waals surface area (Å²) in [4.78, 5) is 14.6. The number of aromatic amines is 1. The van der Waals surface area contributed by atoms with Gasteiger partial charge in [-0.2, -0.15) is 0 Å². The maximum absolute atomic E-state index is 11.9. The van der Waals surface area contributed by atoms with E-state index in [1.807, 2.05) is 12.1 Å². The molecule has 0 bridgehead atoms. The van der Waals surface area contributed by atoms with Gasteiger partial charge in [0.15, 0.2) is 0 Å². The minimum absolute atomic E-state index is 0.0690. The van der Waals surface area contributed by atoms with Crippen molar-refractivity contribution in [3.8, 4) is 5.75 Å². The number of ether oxygens (including phenoxy) is 1.